The van der Waals surface area contributed by atoms with Crippen LogP contribution in [0.5, 0.6) is 0 Å². The van der Waals surface area contributed by atoms with Crippen LogP contribution >= 0.6 is 27.3 Å². The third-order valence-corrected chi connectivity index (χ3v) is 5.68. The number of hydrogen-bond acceptors (Lipinski definition) is 2. The number of thiophene rings is 1. The van der Waals surface area contributed by atoms with Crippen molar-refractivity contribution < 1.29 is 4.39 Å². The fourth-order valence-corrected chi connectivity index (χ4v) is 4.41. The molecule has 2 aromatic rings. The Labute approximate surface area is 131 Å². The molecule has 0 spiro atoms. The van der Waals surface area contributed by atoms with Crippen LogP contribution in [0, 0.1) is 5.82 Å². The molecule has 1 atom stereocenters. The van der Waals surface area contributed by atoms with Crippen LogP contribution < -0.4 is 5.73 Å². The Kier molecular flexibility index (Phi) is 4.24. The first-order chi connectivity index (χ1) is 9.65. The van der Waals surface area contributed by atoms with Crippen molar-refractivity contribution in [2.45, 2.75) is 38.1 Å². The van der Waals surface area contributed by atoms with E-state index in [-0.39, 0.29) is 11.9 Å². The summed E-state index contributed by atoms with van der Waals surface area (Å²) in [5, 5.41) is 0. The van der Waals surface area contributed by atoms with Gasteiger partial charge in [0.2, 0.25) is 0 Å². The smallest absolute Gasteiger partial charge is 0.128 e. The van der Waals surface area contributed by atoms with Crippen LogP contribution in [0.25, 0.3) is 0 Å². The standard InChI is InChI=1S/C16H17BrFNS/c17-11-6-7-13(18)12(9-11)16(19)15-8-10-4-2-1-3-5-14(10)20-15/h6-9,16H,1-5,19H2. The van der Waals surface area contributed by atoms with E-state index in [1.54, 1.807) is 23.5 Å². The summed E-state index contributed by atoms with van der Waals surface area (Å²) in [5.41, 5.74) is 8.28. The van der Waals surface area contributed by atoms with Gasteiger partial charge in [0.25, 0.3) is 0 Å². The normalized spacial score (nSPS) is 16.6. The number of aryl methyl sites for hydroxylation is 2. The van der Waals surface area contributed by atoms with Gasteiger partial charge in [-0.05, 0) is 55.5 Å². The monoisotopic (exact) mass is 353 g/mol. The van der Waals surface area contributed by atoms with Crippen LogP contribution in [0.4, 0.5) is 4.39 Å². The van der Waals surface area contributed by atoms with Gasteiger partial charge in [0.1, 0.15) is 5.82 Å². The van der Waals surface area contributed by atoms with Crippen LogP contribution in [-0.4, -0.2) is 0 Å². The third kappa shape index (κ3) is 2.83. The van der Waals surface area contributed by atoms with Crippen molar-refractivity contribution in [3.63, 3.8) is 0 Å². The second-order valence-corrected chi connectivity index (χ2v) is 7.39. The SMILES string of the molecule is NC(c1cc2c(s1)CCCCC2)c1cc(Br)ccc1F. The van der Waals surface area contributed by atoms with E-state index in [0.29, 0.717) is 5.56 Å². The zero-order chi connectivity index (χ0) is 14.1. The predicted octanol–water partition coefficient (Wildman–Crippen LogP) is 4.97. The molecule has 20 heavy (non-hydrogen) atoms. The molecule has 0 radical (unpaired) electrons. The highest BCUT2D eigenvalue weighted by Crippen LogP contribution is 2.35. The lowest BCUT2D eigenvalue weighted by molar-refractivity contribution is 0.600. The maximum absolute atomic E-state index is 14.0. The molecule has 0 saturated heterocycles. The van der Waals surface area contributed by atoms with E-state index in [1.807, 2.05) is 0 Å². The average Bonchev–Trinajstić information content (AvgIpc) is 2.72. The summed E-state index contributed by atoms with van der Waals surface area (Å²) in [4.78, 5) is 2.53. The largest absolute Gasteiger partial charge is 0.320 e. The number of fused-ring (bicyclic) bond motifs is 1. The maximum Gasteiger partial charge on any atom is 0.128 e. The fraction of sp³-hybridized carbons (Fsp3) is 0.375. The van der Waals surface area contributed by atoms with Gasteiger partial charge >= 0.3 is 0 Å². The lowest BCUT2D eigenvalue weighted by Gasteiger charge is -2.11. The predicted molar refractivity (Wildman–Crippen MR) is 85.7 cm³/mol. The summed E-state index contributed by atoms with van der Waals surface area (Å²) in [7, 11) is 0. The Balaban J connectivity index is 1.94. The molecular formula is C16H17BrFNS. The number of halogens is 2. The molecule has 0 saturated carbocycles. The molecule has 0 fully saturated rings. The Hall–Kier alpha value is -0.710. The van der Waals surface area contributed by atoms with Crippen molar-refractivity contribution in [1.29, 1.82) is 0 Å². The van der Waals surface area contributed by atoms with Crippen molar-refractivity contribution in [2.75, 3.05) is 0 Å². The van der Waals surface area contributed by atoms with Gasteiger partial charge in [-0.25, -0.2) is 4.39 Å². The molecule has 0 amide bonds. The van der Waals surface area contributed by atoms with Crippen LogP contribution in [0.1, 0.15) is 46.2 Å². The van der Waals surface area contributed by atoms with Crippen LogP contribution in [0.15, 0.2) is 28.7 Å². The van der Waals surface area contributed by atoms with Crippen molar-refractivity contribution in [1.82, 2.24) is 0 Å². The van der Waals surface area contributed by atoms with E-state index in [2.05, 4.69) is 22.0 Å². The molecule has 1 heterocycles. The van der Waals surface area contributed by atoms with Crippen molar-refractivity contribution in [2.24, 2.45) is 5.73 Å². The summed E-state index contributed by atoms with van der Waals surface area (Å²) in [6.45, 7) is 0. The van der Waals surface area contributed by atoms with E-state index in [4.69, 9.17) is 5.73 Å². The van der Waals surface area contributed by atoms with Gasteiger partial charge in [0.15, 0.2) is 0 Å². The molecule has 1 aromatic carbocycles. The minimum absolute atomic E-state index is 0.232. The zero-order valence-corrected chi connectivity index (χ0v) is 13.6. The number of hydrogen-bond donors (Lipinski definition) is 1. The van der Waals surface area contributed by atoms with Gasteiger partial charge in [0.05, 0.1) is 6.04 Å². The fourth-order valence-electron chi connectivity index (χ4n) is 2.75. The molecule has 1 unspecified atom stereocenters. The van der Waals surface area contributed by atoms with E-state index in [1.165, 1.54) is 35.8 Å². The molecule has 4 heteroatoms. The molecule has 1 aromatic heterocycles. The highest BCUT2D eigenvalue weighted by atomic mass is 79.9. The molecule has 0 aliphatic heterocycles. The average molecular weight is 354 g/mol. The Morgan fingerprint density at radius 1 is 1.15 bits per heavy atom. The summed E-state index contributed by atoms with van der Waals surface area (Å²) < 4.78 is 14.8. The van der Waals surface area contributed by atoms with Gasteiger partial charge in [-0.3, -0.25) is 0 Å². The highest BCUT2D eigenvalue weighted by molar-refractivity contribution is 9.10. The molecule has 2 N–H and O–H groups in total. The third-order valence-electron chi connectivity index (χ3n) is 3.87. The molecule has 106 valence electrons. The first-order valence-electron chi connectivity index (χ1n) is 6.97. The summed E-state index contributed by atoms with van der Waals surface area (Å²) in [6, 6.07) is 6.78. The van der Waals surface area contributed by atoms with Gasteiger partial charge in [-0.1, -0.05) is 22.4 Å². The summed E-state index contributed by atoms with van der Waals surface area (Å²) in [6.07, 6.45) is 6.10. The zero-order valence-electron chi connectivity index (χ0n) is 11.2. The lowest BCUT2D eigenvalue weighted by atomic mass is 10.0. The molecule has 1 nitrogen and oxygen atoms in total. The van der Waals surface area contributed by atoms with Crippen molar-refractivity contribution >= 4 is 27.3 Å². The summed E-state index contributed by atoms with van der Waals surface area (Å²) >= 11 is 5.14. The van der Waals surface area contributed by atoms with E-state index in [9.17, 15) is 4.39 Å². The second-order valence-electron chi connectivity index (χ2n) is 5.30. The molecule has 1 aliphatic carbocycles. The highest BCUT2D eigenvalue weighted by Gasteiger charge is 2.19. The van der Waals surface area contributed by atoms with Gasteiger partial charge in [-0.2, -0.15) is 0 Å². The second kappa shape index (κ2) is 5.96. The van der Waals surface area contributed by atoms with E-state index < -0.39 is 0 Å². The van der Waals surface area contributed by atoms with Crippen molar-refractivity contribution in [3.8, 4) is 0 Å². The van der Waals surface area contributed by atoms with Gasteiger partial charge in [-0.15, -0.1) is 11.3 Å². The maximum atomic E-state index is 14.0. The molecule has 3 rings (SSSR count). The van der Waals surface area contributed by atoms with Crippen LogP contribution in [0.3, 0.4) is 0 Å². The summed E-state index contributed by atoms with van der Waals surface area (Å²) in [5.74, 6) is -0.232. The lowest BCUT2D eigenvalue weighted by Crippen LogP contribution is -2.12. The van der Waals surface area contributed by atoms with Gasteiger partial charge < -0.3 is 5.73 Å². The Morgan fingerprint density at radius 2 is 1.95 bits per heavy atom. The Bertz CT molecular complexity index is 599. The van der Waals surface area contributed by atoms with Crippen LogP contribution in [-0.2, 0) is 12.8 Å². The topological polar surface area (TPSA) is 26.0 Å². The first kappa shape index (κ1) is 14.2. The minimum Gasteiger partial charge on any atom is -0.320 e. The van der Waals surface area contributed by atoms with Gasteiger partial charge in [0, 0.05) is 19.8 Å². The molecule has 0 bridgehead atoms. The minimum atomic E-state index is -0.371. The quantitative estimate of drug-likeness (QED) is 0.758. The van der Waals surface area contributed by atoms with E-state index in [0.717, 1.165) is 22.2 Å². The van der Waals surface area contributed by atoms with Crippen molar-refractivity contribution in [3.05, 3.63) is 55.4 Å². The molecule has 1 aliphatic rings. The first-order valence-corrected chi connectivity index (χ1v) is 8.58. The Morgan fingerprint density at radius 3 is 2.80 bits per heavy atom. The molecular weight excluding hydrogens is 337 g/mol. The number of rotatable bonds is 2. The number of benzene rings is 1. The van der Waals surface area contributed by atoms with E-state index >= 15 is 0 Å². The van der Waals surface area contributed by atoms with Crippen LogP contribution in [0.2, 0.25) is 0 Å². The number of nitrogens with two attached hydrogens (primary N) is 1.